The lowest BCUT2D eigenvalue weighted by Gasteiger charge is -2.09. The third-order valence-electron chi connectivity index (χ3n) is 2.29. The van der Waals surface area contributed by atoms with Crippen LogP contribution in [0.3, 0.4) is 0 Å². The van der Waals surface area contributed by atoms with Crippen molar-refractivity contribution < 1.29 is 13.2 Å². The average Bonchev–Trinajstić information content (AvgIpc) is 2.76. The van der Waals surface area contributed by atoms with Gasteiger partial charge in [0.2, 0.25) is 5.13 Å². The van der Waals surface area contributed by atoms with Gasteiger partial charge in [-0.25, -0.2) is 4.98 Å². The first kappa shape index (κ1) is 14.8. The number of benzene rings is 1. The molecule has 0 fully saturated rings. The van der Waals surface area contributed by atoms with E-state index < -0.39 is 11.7 Å². The highest BCUT2D eigenvalue weighted by molar-refractivity contribution is 7.13. The molecule has 0 amide bonds. The first-order valence-corrected chi connectivity index (χ1v) is 6.70. The van der Waals surface area contributed by atoms with E-state index in [2.05, 4.69) is 15.5 Å². The van der Waals surface area contributed by atoms with Crippen molar-refractivity contribution in [1.82, 2.24) is 4.98 Å². The van der Waals surface area contributed by atoms with Gasteiger partial charge in [-0.3, -0.25) is 5.43 Å². The van der Waals surface area contributed by atoms with Gasteiger partial charge in [-0.05, 0) is 24.6 Å². The molecule has 2 rings (SSSR count). The molecule has 0 aliphatic heterocycles. The maximum atomic E-state index is 12.7. The van der Waals surface area contributed by atoms with E-state index in [-0.39, 0.29) is 5.02 Å². The van der Waals surface area contributed by atoms with E-state index in [1.807, 2.05) is 12.3 Å². The zero-order valence-electron chi connectivity index (χ0n) is 10.2. The Labute approximate surface area is 122 Å². The molecule has 0 aliphatic carbocycles. The van der Waals surface area contributed by atoms with Crippen LogP contribution >= 0.6 is 22.9 Å². The first-order chi connectivity index (χ1) is 9.36. The van der Waals surface area contributed by atoms with Crippen molar-refractivity contribution >= 4 is 34.3 Å². The summed E-state index contributed by atoms with van der Waals surface area (Å²) in [6, 6.07) is 3.59. The number of hydrogen-bond donors (Lipinski definition) is 1. The summed E-state index contributed by atoms with van der Waals surface area (Å²) in [5.41, 5.74) is 2.91. The lowest BCUT2D eigenvalue weighted by Crippen LogP contribution is -2.06. The molecule has 0 saturated carbocycles. The minimum absolute atomic E-state index is 0.294. The number of hydrogen-bond acceptors (Lipinski definition) is 4. The molecule has 0 aliphatic rings. The van der Waals surface area contributed by atoms with Crippen molar-refractivity contribution in [2.24, 2.45) is 5.10 Å². The molecule has 0 atom stereocenters. The smallest absolute Gasteiger partial charge is 0.253 e. The summed E-state index contributed by atoms with van der Waals surface area (Å²) < 4.78 is 38.0. The van der Waals surface area contributed by atoms with E-state index in [4.69, 9.17) is 11.6 Å². The Morgan fingerprint density at radius 2 is 2.15 bits per heavy atom. The molecule has 1 N–H and O–H groups in total. The predicted octanol–water partition coefficient (Wildman–Crippen LogP) is 4.57. The SMILES string of the molecule is Cc1csc(NN=Cc2ccc(Cl)c(C(F)(F)F)c2)n1. The third-order valence-corrected chi connectivity index (χ3v) is 3.48. The Hall–Kier alpha value is -1.60. The van der Waals surface area contributed by atoms with Gasteiger partial charge in [0.25, 0.3) is 0 Å². The molecule has 106 valence electrons. The summed E-state index contributed by atoms with van der Waals surface area (Å²) in [6.45, 7) is 1.83. The Balaban J connectivity index is 2.13. The average molecular weight is 320 g/mol. The fourth-order valence-electron chi connectivity index (χ4n) is 1.41. The van der Waals surface area contributed by atoms with Crippen molar-refractivity contribution in [3.8, 4) is 0 Å². The first-order valence-electron chi connectivity index (χ1n) is 5.44. The van der Waals surface area contributed by atoms with Gasteiger partial charge in [0, 0.05) is 5.38 Å². The summed E-state index contributed by atoms with van der Waals surface area (Å²) in [5.74, 6) is 0. The monoisotopic (exact) mass is 319 g/mol. The molecule has 0 spiro atoms. The van der Waals surface area contributed by atoms with E-state index in [0.717, 1.165) is 11.8 Å². The zero-order chi connectivity index (χ0) is 14.8. The molecule has 1 aromatic carbocycles. The Kier molecular flexibility index (Phi) is 4.29. The fraction of sp³-hybridized carbons (Fsp3) is 0.167. The van der Waals surface area contributed by atoms with Gasteiger partial charge in [0.1, 0.15) is 0 Å². The molecule has 0 bridgehead atoms. The van der Waals surface area contributed by atoms with Gasteiger partial charge in [-0.2, -0.15) is 18.3 Å². The molecule has 1 heterocycles. The summed E-state index contributed by atoms with van der Waals surface area (Å²) in [6.07, 6.45) is -3.21. The third kappa shape index (κ3) is 3.71. The van der Waals surface area contributed by atoms with Crippen LogP contribution in [0, 0.1) is 6.92 Å². The summed E-state index contributed by atoms with van der Waals surface area (Å²) in [5, 5.41) is 5.91. The molecular formula is C12H9ClF3N3S. The van der Waals surface area contributed by atoms with Crippen LogP contribution in [0.4, 0.5) is 18.3 Å². The Morgan fingerprint density at radius 3 is 2.75 bits per heavy atom. The highest BCUT2D eigenvalue weighted by Crippen LogP contribution is 2.34. The molecule has 3 nitrogen and oxygen atoms in total. The number of aromatic nitrogens is 1. The van der Waals surface area contributed by atoms with Gasteiger partial charge >= 0.3 is 6.18 Å². The van der Waals surface area contributed by atoms with Crippen LogP contribution < -0.4 is 5.43 Å². The van der Waals surface area contributed by atoms with Gasteiger partial charge in [-0.15, -0.1) is 11.3 Å². The summed E-state index contributed by atoms with van der Waals surface area (Å²) in [7, 11) is 0. The van der Waals surface area contributed by atoms with Crippen LogP contribution in [0.1, 0.15) is 16.8 Å². The molecule has 0 saturated heterocycles. The molecule has 0 radical (unpaired) electrons. The van der Waals surface area contributed by atoms with Crippen LogP contribution in [0.25, 0.3) is 0 Å². The molecule has 2 aromatic rings. The summed E-state index contributed by atoms with van der Waals surface area (Å²) in [4.78, 5) is 4.11. The van der Waals surface area contributed by atoms with Crippen molar-refractivity contribution in [1.29, 1.82) is 0 Å². The van der Waals surface area contributed by atoms with E-state index >= 15 is 0 Å². The van der Waals surface area contributed by atoms with E-state index in [0.29, 0.717) is 10.7 Å². The highest BCUT2D eigenvalue weighted by atomic mass is 35.5. The lowest BCUT2D eigenvalue weighted by molar-refractivity contribution is -0.137. The molecule has 0 unspecified atom stereocenters. The van der Waals surface area contributed by atoms with Crippen LogP contribution in [-0.2, 0) is 6.18 Å². The molecule has 1 aromatic heterocycles. The van der Waals surface area contributed by atoms with Crippen molar-refractivity contribution in [2.45, 2.75) is 13.1 Å². The topological polar surface area (TPSA) is 37.3 Å². The largest absolute Gasteiger partial charge is 0.417 e. The van der Waals surface area contributed by atoms with Gasteiger partial charge in [0.05, 0.1) is 22.5 Å². The van der Waals surface area contributed by atoms with E-state index in [1.165, 1.54) is 29.7 Å². The predicted molar refractivity (Wildman–Crippen MR) is 74.5 cm³/mol. The second kappa shape index (κ2) is 5.80. The number of nitrogens with zero attached hydrogens (tertiary/aromatic N) is 2. The molecule has 20 heavy (non-hydrogen) atoms. The maximum Gasteiger partial charge on any atom is 0.417 e. The lowest BCUT2D eigenvalue weighted by atomic mass is 10.1. The maximum absolute atomic E-state index is 12.7. The van der Waals surface area contributed by atoms with E-state index in [1.54, 1.807) is 0 Å². The minimum atomic E-state index is -4.49. The number of anilines is 1. The van der Waals surface area contributed by atoms with Crippen LogP contribution in [0.2, 0.25) is 5.02 Å². The second-order valence-corrected chi connectivity index (χ2v) is 5.17. The van der Waals surface area contributed by atoms with Gasteiger partial charge in [-0.1, -0.05) is 17.7 Å². The van der Waals surface area contributed by atoms with Crippen molar-refractivity contribution in [3.05, 3.63) is 45.4 Å². The fourth-order valence-corrected chi connectivity index (χ4v) is 2.27. The van der Waals surface area contributed by atoms with Crippen molar-refractivity contribution in [2.75, 3.05) is 5.43 Å². The number of hydrazone groups is 1. The number of thiazole rings is 1. The van der Waals surface area contributed by atoms with Gasteiger partial charge < -0.3 is 0 Å². The van der Waals surface area contributed by atoms with Crippen LogP contribution in [0.5, 0.6) is 0 Å². The standard InChI is InChI=1S/C12H9ClF3N3S/c1-7-6-20-11(18-7)19-17-5-8-2-3-10(13)9(4-8)12(14,15)16/h2-6H,1H3,(H,18,19). The number of rotatable bonds is 3. The number of halogens is 4. The number of nitrogens with one attached hydrogen (secondary N) is 1. The van der Waals surface area contributed by atoms with Crippen molar-refractivity contribution in [3.63, 3.8) is 0 Å². The summed E-state index contributed by atoms with van der Waals surface area (Å²) >= 11 is 6.88. The highest BCUT2D eigenvalue weighted by Gasteiger charge is 2.33. The van der Waals surface area contributed by atoms with Gasteiger partial charge in [0.15, 0.2) is 0 Å². The normalized spacial score (nSPS) is 12.1. The Morgan fingerprint density at radius 1 is 1.40 bits per heavy atom. The Bertz CT molecular complexity index is 637. The zero-order valence-corrected chi connectivity index (χ0v) is 11.8. The number of alkyl halides is 3. The number of aryl methyl sites for hydroxylation is 1. The van der Waals surface area contributed by atoms with Crippen LogP contribution in [-0.4, -0.2) is 11.2 Å². The molecule has 8 heteroatoms. The van der Waals surface area contributed by atoms with E-state index in [9.17, 15) is 13.2 Å². The molecular weight excluding hydrogens is 311 g/mol. The quantitative estimate of drug-likeness (QED) is 0.664. The second-order valence-electron chi connectivity index (χ2n) is 3.90. The van der Waals surface area contributed by atoms with Crippen LogP contribution in [0.15, 0.2) is 28.7 Å². The minimum Gasteiger partial charge on any atom is -0.253 e.